The summed E-state index contributed by atoms with van der Waals surface area (Å²) in [7, 11) is 1.59. The molecule has 1 aromatic heterocycles. The van der Waals surface area contributed by atoms with Crippen molar-refractivity contribution >= 4 is 23.2 Å². The normalized spacial score (nSPS) is 15.6. The highest BCUT2D eigenvalue weighted by molar-refractivity contribution is 6.30. The highest BCUT2D eigenvalue weighted by Crippen LogP contribution is 2.38. The number of ether oxygens (including phenoxy) is 2. The number of rotatable bonds is 5. The Bertz CT molecular complexity index is 1020. The molecule has 1 aliphatic heterocycles. The van der Waals surface area contributed by atoms with Gasteiger partial charge in [0.2, 0.25) is 5.95 Å². The molecule has 0 spiro atoms. The summed E-state index contributed by atoms with van der Waals surface area (Å²) in [4.78, 5) is 4.21. The highest BCUT2D eigenvalue weighted by Gasteiger charge is 2.27. The lowest BCUT2D eigenvalue weighted by Crippen LogP contribution is -2.21. The van der Waals surface area contributed by atoms with Gasteiger partial charge in [0.05, 0.1) is 7.11 Å². The van der Waals surface area contributed by atoms with E-state index in [1.165, 1.54) is 18.5 Å². The Morgan fingerprint density at radius 2 is 1.96 bits per heavy atom. The van der Waals surface area contributed by atoms with E-state index in [4.69, 9.17) is 21.1 Å². The minimum atomic E-state index is -2.96. The first-order valence-corrected chi connectivity index (χ1v) is 8.70. The molecule has 2 aromatic carbocycles. The third-order valence-corrected chi connectivity index (χ3v) is 4.55. The van der Waals surface area contributed by atoms with E-state index in [0.717, 1.165) is 17.0 Å². The number of alkyl halides is 2. The van der Waals surface area contributed by atoms with E-state index in [1.807, 2.05) is 30.3 Å². The van der Waals surface area contributed by atoms with E-state index in [0.29, 0.717) is 16.5 Å². The van der Waals surface area contributed by atoms with Crippen LogP contribution in [0, 0.1) is 0 Å². The van der Waals surface area contributed by atoms with Gasteiger partial charge in [0.1, 0.15) is 23.9 Å². The number of allylic oxidation sites excluding steroid dienone is 1. The van der Waals surface area contributed by atoms with E-state index < -0.39 is 12.7 Å². The van der Waals surface area contributed by atoms with Gasteiger partial charge in [-0.25, -0.2) is 4.68 Å². The summed E-state index contributed by atoms with van der Waals surface area (Å²) in [6.07, 6.45) is 3.24. The molecule has 4 rings (SSSR count). The lowest BCUT2D eigenvalue weighted by molar-refractivity contribution is -0.0506. The molecule has 1 aliphatic rings. The van der Waals surface area contributed by atoms with Crippen molar-refractivity contribution in [3.8, 4) is 11.5 Å². The molecule has 2 heterocycles. The fourth-order valence-corrected chi connectivity index (χ4v) is 3.23. The number of nitrogens with one attached hydrogen (secondary N) is 1. The molecule has 0 aliphatic carbocycles. The van der Waals surface area contributed by atoms with Crippen LogP contribution in [0.1, 0.15) is 17.2 Å². The zero-order chi connectivity index (χ0) is 19.7. The molecule has 0 amide bonds. The Labute approximate surface area is 164 Å². The van der Waals surface area contributed by atoms with Crippen molar-refractivity contribution in [3.63, 3.8) is 0 Å². The first-order chi connectivity index (χ1) is 13.5. The summed E-state index contributed by atoms with van der Waals surface area (Å²) in [5.41, 5.74) is 2.07. The Morgan fingerprint density at radius 3 is 2.68 bits per heavy atom. The fraction of sp³-hybridized carbons (Fsp3) is 0.158. The van der Waals surface area contributed by atoms with Gasteiger partial charge in [0, 0.05) is 16.3 Å². The number of aromatic nitrogens is 3. The van der Waals surface area contributed by atoms with E-state index in [-0.39, 0.29) is 5.75 Å². The molecule has 144 valence electrons. The molecule has 9 heteroatoms. The smallest absolute Gasteiger partial charge is 0.387 e. The summed E-state index contributed by atoms with van der Waals surface area (Å²) in [5, 5.41) is 7.80. The van der Waals surface area contributed by atoms with E-state index in [1.54, 1.807) is 17.9 Å². The first-order valence-electron chi connectivity index (χ1n) is 8.32. The van der Waals surface area contributed by atoms with Gasteiger partial charge in [0.15, 0.2) is 0 Å². The second-order valence-corrected chi connectivity index (χ2v) is 6.40. The van der Waals surface area contributed by atoms with Crippen LogP contribution < -0.4 is 14.8 Å². The van der Waals surface area contributed by atoms with Crippen molar-refractivity contribution < 1.29 is 18.3 Å². The van der Waals surface area contributed by atoms with Crippen LogP contribution in [-0.4, -0.2) is 28.5 Å². The van der Waals surface area contributed by atoms with Crippen molar-refractivity contribution in [1.29, 1.82) is 0 Å². The van der Waals surface area contributed by atoms with Gasteiger partial charge in [0.25, 0.3) is 0 Å². The molecular weight excluding hydrogens is 390 g/mol. The van der Waals surface area contributed by atoms with Gasteiger partial charge in [-0.05, 0) is 54.1 Å². The third kappa shape index (κ3) is 3.50. The van der Waals surface area contributed by atoms with Crippen LogP contribution in [0.15, 0.2) is 54.9 Å². The Kier molecular flexibility index (Phi) is 4.87. The monoisotopic (exact) mass is 404 g/mol. The van der Waals surface area contributed by atoms with Crippen LogP contribution in [0.2, 0.25) is 5.02 Å². The summed E-state index contributed by atoms with van der Waals surface area (Å²) < 4.78 is 37.2. The Balaban J connectivity index is 1.81. The first kappa shape index (κ1) is 18.2. The van der Waals surface area contributed by atoms with Gasteiger partial charge in [-0.15, -0.1) is 0 Å². The molecule has 1 atom stereocenters. The number of nitrogens with zero attached hydrogens (tertiary/aromatic N) is 3. The number of fused-ring (bicyclic) bond motifs is 1. The molecule has 1 N–H and O–H groups in total. The largest absolute Gasteiger partial charge is 0.497 e. The summed E-state index contributed by atoms with van der Waals surface area (Å²) in [5.74, 6) is 1.22. The molecule has 28 heavy (non-hydrogen) atoms. The topological polar surface area (TPSA) is 61.2 Å². The number of methoxy groups -OCH3 is 1. The zero-order valence-electron chi connectivity index (χ0n) is 14.6. The van der Waals surface area contributed by atoms with Crippen LogP contribution in [0.25, 0.3) is 5.70 Å². The van der Waals surface area contributed by atoms with Gasteiger partial charge in [-0.1, -0.05) is 11.6 Å². The molecular formula is C19H15ClF2N4O2. The third-order valence-electron chi connectivity index (χ3n) is 4.32. The minimum Gasteiger partial charge on any atom is -0.497 e. The molecule has 6 nitrogen and oxygen atoms in total. The van der Waals surface area contributed by atoms with Crippen molar-refractivity contribution in [2.24, 2.45) is 0 Å². The van der Waals surface area contributed by atoms with Gasteiger partial charge >= 0.3 is 6.61 Å². The quantitative estimate of drug-likeness (QED) is 0.673. The maximum Gasteiger partial charge on any atom is 0.387 e. The number of hydrogen-bond acceptors (Lipinski definition) is 5. The van der Waals surface area contributed by atoms with Crippen LogP contribution in [0.3, 0.4) is 0 Å². The van der Waals surface area contributed by atoms with E-state index in [9.17, 15) is 8.78 Å². The molecule has 0 saturated heterocycles. The predicted molar refractivity (Wildman–Crippen MR) is 101 cm³/mol. The predicted octanol–water partition coefficient (Wildman–Crippen LogP) is 4.60. The van der Waals surface area contributed by atoms with Crippen molar-refractivity contribution in [2.75, 3.05) is 12.4 Å². The number of halogens is 3. The van der Waals surface area contributed by atoms with Gasteiger partial charge < -0.3 is 14.8 Å². The van der Waals surface area contributed by atoms with Crippen molar-refractivity contribution in [3.05, 3.63) is 71.0 Å². The summed E-state index contributed by atoms with van der Waals surface area (Å²) in [6.45, 7) is -2.96. The number of hydrogen-bond donors (Lipinski definition) is 1. The van der Waals surface area contributed by atoms with Crippen LogP contribution >= 0.6 is 11.6 Å². The Morgan fingerprint density at radius 1 is 1.18 bits per heavy atom. The maximum atomic E-state index is 12.9. The van der Waals surface area contributed by atoms with Crippen LogP contribution in [0.4, 0.5) is 14.7 Å². The summed E-state index contributed by atoms with van der Waals surface area (Å²) >= 11 is 6.12. The average molecular weight is 405 g/mol. The van der Waals surface area contributed by atoms with Gasteiger partial charge in [-0.3, -0.25) is 0 Å². The molecule has 0 unspecified atom stereocenters. The fourth-order valence-electron chi connectivity index (χ4n) is 3.05. The van der Waals surface area contributed by atoms with Crippen LogP contribution in [-0.2, 0) is 0 Å². The standard InChI is InChI=1S/C19H15ClF2N4O2/c1-27-13-5-2-11(3-6-13)15-9-16(26-19(25-15)23-10-24-26)14-8-12(20)4-7-17(14)28-18(21)22/h2-10,16,18H,1H3,(H,23,24,25)/t16-/m1/s1. The average Bonchev–Trinajstić information content (AvgIpc) is 3.17. The second-order valence-electron chi connectivity index (χ2n) is 5.97. The van der Waals surface area contributed by atoms with E-state index >= 15 is 0 Å². The summed E-state index contributed by atoms with van der Waals surface area (Å²) in [6, 6.07) is 11.4. The highest BCUT2D eigenvalue weighted by atomic mass is 35.5. The molecule has 0 saturated carbocycles. The van der Waals surface area contributed by atoms with Crippen LogP contribution in [0.5, 0.6) is 11.5 Å². The molecule has 0 bridgehead atoms. The lowest BCUT2D eigenvalue weighted by atomic mass is 10.0. The minimum absolute atomic E-state index is 0.0260. The maximum absolute atomic E-state index is 12.9. The molecule has 0 fully saturated rings. The Hall–Kier alpha value is -3.13. The molecule has 3 aromatic rings. The number of benzene rings is 2. The number of anilines is 1. The second kappa shape index (κ2) is 7.47. The molecule has 0 radical (unpaired) electrons. The van der Waals surface area contributed by atoms with Crippen molar-refractivity contribution in [2.45, 2.75) is 12.7 Å². The van der Waals surface area contributed by atoms with E-state index in [2.05, 4.69) is 15.4 Å². The lowest BCUT2D eigenvalue weighted by Gasteiger charge is -2.26. The van der Waals surface area contributed by atoms with Crippen molar-refractivity contribution in [1.82, 2.24) is 14.8 Å². The zero-order valence-corrected chi connectivity index (χ0v) is 15.4. The van der Waals surface area contributed by atoms with Gasteiger partial charge in [-0.2, -0.15) is 18.9 Å². The SMILES string of the molecule is COc1ccc(C2=C[C@H](c3cc(Cl)ccc3OC(F)F)n3ncnc3N2)cc1.